The van der Waals surface area contributed by atoms with Crippen LogP contribution < -0.4 is 19.1 Å². The predicted molar refractivity (Wildman–Crippen MR) is 236 cm³/mol. The molecule has 1 N–H and O–H groups in total. The van der Waals surface area contributed by atoms with Crippen LogP contribution in [0.2, 0.25) is 0 Å². The highest BCUT2D eigenvalue weighted by Gasteiger charge is 2.44. The summed E-state index contributed by atoms with van der Waals surface area (Å²) in [5, 5.41) is 4.22. The first-order valence-electron chi connectivity index (χ1n) is 21.9. The molecule has 1 unspecified atom stereocenters. The number of aryl methyl sites for hydroxylation is 3. The monoisotopic (exact) mass is 857 g/mol. The first kappa shape index (κ1) is 43.4. The largest absolute Gasteiger partial charge is 0.490 e. The van der Waals surface area contributed by atoms with Crippen molar-refractivity contribution >= 4 is 27.4 Å². The summed E-state index contributed by atoms with van der Waals surface area (Å²) in [4.78, 5) is 35.5. The molecular weight excluding hydrogens is 795 g/mol. The summed E-state index contributed by atoms with van der Waals surface area (Å²) in [5.74, 6) is -0.601. The minimum Gasteiger partial charge on any atom is -0.490 e. The highest BCUT2D eigenvalue weighted by molar-refractivity contribution is 7.92. The number of hydrogen-bond donors (Lipinski definition) is 1. The summed E-state index contributed by atoms with van der Waals surface area (Å²) >= 11 is 0. The van der Waals surface area contributed by atoms with E-state index in [1.807, 2.05) is 25.1 Å². The average molecular weight is 858 g/mol. The number of nitrogens with one attached hydrogen (secondary N) is 1. The predicted octanol–water partition coefficient (Wildman–Crippen LogP) is 5.04. The average Bonchev–Trinajstić information content (AvgIpc) is 3.55. The van der Waals surface area contributed by atoms with Gasteiger partial charge >= 0.3 is 0 Å². The Hall–Kier alpha value is -4.28. The van der Waals surface area contributed by atoms with Gasteiger partial charge in [0.15, 0.2) is 0 Å². The Morgan fingerprint density at radius 3 is 2.61 bits per heavy atom. The first-order valence-corrected chi connectivity index (χ1v) is 23.6. The molecule has 2 aromatic carbocycles. The maximum absolute atomic E-state index is 15.2. The Kier molecular flexibility index (Phi) is 12.9. The molecule has 1 saturated heterocycles. The van der Waals surface area contributed by atoms with Crippen molar-refractivity contribution in [2.75, 3.05) is 90.9 Å². The quantitative estimate of drug-likeness (QED) is 0.305. The molecule has 15 heteroatoms. The number of hydrogen-bond acceptors (Lipinski definition) is 11. The number of nitrogens with zero attached hydrogens (tertiary/aromatic N) is 6. The molecule has 1 saturated carbocycles. The second-order valence-corrected chi connectivity index (χ2v) is 20.1. The Morgan fingerprint density at radius 1 is 1.05 bits per heavy atom. The zero-order valence-electron chi connectivity index (χ0n) is 36.6. The second-order valence-electron chi connectivity index (χ2n) is 18.1. The molecule has 2 aliphatic carbocycles. The molecule has 1 aromatic heterocycles. The van der Waals surface area contributed by atoms with Gasteiger partial charge in [0, 0.05) is 83.1 Å². The van der Waals surface area contributed by atoms with Gasteiger partial charge in [-0.2, -0.15) is 0 Å². The molecule has 3 aromatic rings. The van der Waals surface area contributed by atoms with Crippen molar-refractivity contribution in [2.45, 2.75) is 63.6 Å². The van der Waals surface area contributed by atoms with Crippen molar-refractivity contribution in [1.29, 1.82) is 0 Å². The summed E-state index contributed by atoms with van der Waals surface area (Å²) in [6.45, 7) is 11.2. The van der Waals surface area contributed by atoms with E-state index < -0.39 is 33.8 Å². The van der Waals surface area contributed by atoms with Gasteiger partial charge in [-0.3, -0.25) is 23.9 Å². The molecule has 61 heavy (non-hydrogen) atoms. The molecule has 0 radical (unpaired) electrons. The number of likely N-dealkylation sites (N-methyl/N-ethyl adjacent to an activating group) is 1. The molecule has 2 amide bonds. The van der Waals surface area contributed by atoms with Crippen LogP contribution in [0.5, 0.6) is 11.6 Å². The number of ether oxygens (including phenoxy) is 4. The highest BCUT2D eigenvalue weighted by atomic mass is 32.2. The normalized spacial score (nSPS) is 30.2. The molecule has 330 valence electrons. The number of methoxy groups -OCH3 is 2. The van der Waals surface area contributed by atoms with Gasteiger partial charge in [0.1, 0.15) is 21.2 Å². The number of fused-ring (bicyclic) bond motifs is 4. The Labute approximate surface area is 361 Å². The number of rotatable bonds is 8. The van der Waals surface area contributed by atoms with Crippen LogP contribution in [0.15, 0.2) is 59.1 Å². The molecule has 7 atom stereocenters. The number of carbonyl (C=O) groups excluding carboxylic acids is 2. The lowest BCUT2D eigenvalue weighted by molar-refractivity contribution is 0.00937. The van der Waals surface area contributed by atoms with Gasteiger partial charge in [0.25, 0.3) is 11.8 Å². The van der Waals surface area contributed by atoms with Gasteiger partial charge in [-0.15, -0.1) is 9.46 Å². The van der Waals surface area contributed by atoms with Gasteiger partial charge < -0.3 is 28.7 Å². The topological polar surface area (TPSA) is 140 Å². The first-order chi connectivity index (χ1) is 29.4. The van der Waals surface area contributed by atoms with E-state index in [9.17, 15) is 9.59 Å². The second kappa shape index (κ2) is 18.2. The summed E-state index contributed by atoms with van der Waals surface area (Å²) in [5.41, 5.74) is 4.90. The van der Waals surface area contributed by atoms with Crippen LogP contribution in [-0.2, 0) is 38.3 Å². The van der Waals surface area contributed by atoms with Gasteiger partial charge in [0.2, 0.25) is 5.88 Å². The maximum atomic E-state index is 15.2. The third kappa shape index (κ3) is 9.41. The molecule has 1 spiro atoms. The van der Waals surface area contributed by atoms with Crippen LogP contribution in [0.25, 0.3) is 0 Å². The van der Waals surface area contributed by atoms with Crippen LogP contribution >= 0.6 is 0 Å². The van der Waals surface area contributed by atoms with Crippen LogP contribution in [0.4, 0.5) is 5.69 Å². The number of aromatic nitrogens is 2. The number of carbonyl (C=O) groups is 2. The molecule has 2 bridgehead atoms. The van der Waals surface area contributed by atoms with E-state index in [2.05, 4.69) is 67.1 Å². The van der Waals surface area contributed by atoms with Crippen LogP contribution in [0, 0.1) is 24.7 Å². The van der Waals surface area contributed by atoms with Crippen LogP contribution in [0.1, 0.15) is 70.0 Å². The highest BCUT2D eigenvalue weighted by Crippen LogP contribution is 2.47. The standard InChI is InChI=1S/C46H63N7O7S/c1-31-9-13-38-33(24-31)8-7-17-46(38)29-53-26-35-10-12-36(35)41(57-5)16-15-40(59-23-22-52-20-18-50(3)19-21-52)32(2)28-61(56,49-44(55)37-27-51(4)47-45(37)58-6)48-43(54)34-11-14-42(60-30-46)39(53)25-34/h9,11,13-16,24-25,27,32,35-36,40-41H,7-8,10,12,17-23,26,28-30H2,1-6H3,(H,48,49,54,55,56)/b16-15+/t32-,35+,36-,40+,41+,46+,61?/m1/s1. The van der Waals surface area contributed by atoms with Crippen molar-refractivity contribution in [2.24, 2.45) is 29.2 Å². The number of benzene rings is 2. The molecule has 4 heterocycles. The third-order valence-corrected chi connectivity index (χ3v) is 15.6. The van der Waals surface area contributed by atoms with E-state index in [1.165, 1.54) is 34.7 Å². The van der Waals surface area contributed by atoms with E-state index >= 15 is 4.21 Å². The summed E-state index contributed by atoms with van der Waals surface area (Å²) < 4.78 is 48.7. The van der Waals surface area contributed by atoms with Crippen molar-refractivity contribution in [1.82, 2.24) is 24.3 Å². The summed E-state index contributed by atoms with van der Waals surface area (Å²) in [7, 11) is 3.22. The molecule has 2 fully saturated rings. The summed E-state index contributed by atoms with van der Waals surface area (Å²) in [6, 6.07) is 12.2. The lowest BCUT2D eigenvalue weighted by Gasteiger charge is -2.46. The lowest BCUT2D eigenvalue weighted by atomic mass is 9.68. The fraction of sp³-hybridized carbons (Fsp3) is 0.587. The SMILES string of the molecule is COc1nn(C)cc1C(=O)NS1(=O)=NC(=O)c2ccc3c(c2)N(C[C@@H]2CC[C@H]2[C@@H](OC)/C=C/[C@H](OCCN2CCN(C)CC2)[C@H](C)C1)C[C@@]1(CCCc2cc(C)ccc21)CO3. The molecule has 3 aliphatic heterocycles. The Morgan fingerprint density at radius 2 is 1.85 bits per heavy atom. The van der Waals surface area contributed by atoms with E-state index in [4.69, 9.17) is 18.9 Å². The maximum Gasteiger partial charge on any atom is 0.286 e. The van der Waals surface area contributed by atoms with E-state index in [0.29, 0.717) is 24.9 Å². The molecular formula is C46H63N7O7S. The van der Waals surface area contributed by atoms with E-state index in [-0.39, 0.29) is 40.2 Å². The lowest BCUT2D eigenvalue weighted by Crippen LogP contribution is -2.49. The fourth-order valence-electron chi connectivity index (χ4n) is 10.1. The number of amides is 2. The molecule has 8 rings (SSSR count). The van der Waals surface area contributed by atoms with Crippen LogP contribution in [-0.4, -0.2) is 134 Å². The van der Waals surface area contributed by atoms with Crippen molar-refractivity contribution in [3.05, 3.63) is 82.6 Å². The smallest absolute Gasteiger partial charge is 0.286 e. The molecule has 14 nitrogen and oxygen atoms in total. The Bertz CT molecular complexity index is 2250. The van der Waals surface area contributed by atoms with Gasteiger partial charge in [-0.05, 0) is 87.2 Å². The zero-order valence-corrected chi connectivity index (χ0v) is 37.5. The van der Waals surface area contributed by atoms with Gasteiger partial charge in [-0.25, -0.2) is 4.21 Å². The van der Waals surface area contributed by atoms with Crippen molar-refractivity contribution < 1.29 is 32.7 Å². The fourth-order valence-corrected chi connectivity index (χ4v) is 12.0. The minimum atomic E-state index is -3.76. The van der Waals surface area contributed by atoms with Crippen molar-refractivity contribution in [3.8, 4) is 11.6 Å². The van der Waals surface area contributed by atoms with Crippen LogP contribution in [0.3, 0.4) is 0 Å². The number of anilines is 1. The summed E-state index contributed by atoms with van der Waals surface area (Å²) in [6.07, 6.45) is 10.2. The van der Waals surface area contributed by atoms with Gasteiger partial charge in [-0.1, -0.05) is 42.8 Å². The third-order valence-electron chi connectivity index (χ3n) is 13.7. The van der Waals surface area contributed by atoms with Crippen molar-refractivity contribution in [3.63, 3.8) is 0 Å². The number of piperazine rings is 1. The zero-order chi connectivity index (χ0) is 42.9. The Balaban J connectivity index is 1.18. The van der Waals surface area contributed by atoms with E-state index in [0.717, 1.165) is 83.6 Å². The minimum absolute atomic E-state index is 0.0721. The van der Waals surface area contributed by atoms with E-state index in [1.54, 1.807) is 20.2 Å². The molecule has 5 aliphatic rings. The van der Waals surface area contributed by atoms with Gasteiger partial charge in [0.05, 0.1) is 44.0 Å².